The van der Waals surface area contributed by atoms with Gasteiger partial charge in [0.25, 0.3) is 0 Å². The van der Waals surface area contributed by atoms with Crippen molar-refractivity contribution in [2.24, 2.45) is 17.6 Å². The summed E-state index contributed by atoms with van der Waals surface area (Å²) >= 11 is 0. The third-order valence-corrected chi connectivity index (χ3v) is 3.98. The quantitative estimate of drug-likeness (QED) is 0.682. The third-order valence-electron chi connectivity index (χ3n) is 3.98. The van der Waals surface area contributed by atoms with E-state index in [4.69, 9.17) is 10.8 Å². The lowest BCUT2D eigenvalue weighted by Gasteiger charge is -2.31. The predicted octanol–water partition coefficient (Wildman–Crippen LogP) is 1.51. The first-order valence-electron chi connectivity index (χ1n) is 7.08. The van der Waals surface area contributed by atoms with Crippen molar-refractivity contribution in [2.45, 2.75) is 57.9 Å². The summed E-state index contributed by atoms with van der Waals surface area (Å²) in [4.78, 5) is 22.7. The van der Waals surface area contributed by atoms with Gasteiger partial charge in [-0.15, -0.1) is 0 Å². The second-order valence-corrected chi connectivity index (χ2v) is 6.22. The van der Waals surface area contributed by atoms with E-state index >= 15 is 0 Å². The molecule has 1 aliphatic rings. The summed E-state index contributed by atoms with van der Waals surface area (Å²) in [6, 6.07) is 0. The Hall–Kier alpha value is -1.10. The summed E-state index contributed by atoms with van der Waals surface area (Å²) in [7, 11) is 0. The maximum absolute atomic E-state index is 12.2. The Morgan fingerprint density at radius 1 is 1.26 bits per heavy atom. The maximum atomic E-state index is 12.2. The van der Waals surface area contributed by atoms with Crippen LogP contribution in [0.1, 0.15) is 52.4 Å². The van der Waals surface area contributed by atoms with Crippen LogP contribution >= 0.6 is 0 Å². The van der Waals surface area contributed by atoms with Crippen molar-refractivity contribution < 1.29 is 14.7 Å². The molecule has 0 unspecified atom stereocenters. The van der Waals surface area contributed by atoms with Crippen molar-refractivity contribution in [3.63, 3.8) is 0 Å². The zero-order valence-corrected chi connectivity index (χ0v) is 11.9. The molecule has 1 saturated carbocycles. The molecule has 0 bridgehead atoms. The minimum absolute atomic E-state index is 0.0610. The number of carbonyl (C=O) groups is 2. The summed E-state index contributed by atoms with van der Waals surface area (Å²) in [6.07, 6.45) is 4.35. The molecule has 110 valence electrons. The number of nitrogens with one attached hydrogen (secondary N) is 1. The Kier molecular flexibility index (Phi) is 5.79. The number of hydrogen-bond acceptors (Lipinski definition) is 3. The molecule has 0 atom stereocenters. The Labute approximate surface area is 114 Å². The number of carboxylic acids is 1. The Bertz CT molecular complexity index is 321. The molecule has 0 aromatic rings. The van der Waals surface area contributed by atoms with Gasteiger partial charge >= 0.3 is 5.97 Å². The first-order valence-corrected chi connectivity index (χ1v) is 7.08. The van der Waals surface area contributed by atoms with Gasteiger partial charge in [0.2, 0.25) is 5.91 Å². The largest absolute Gasteiger partial charge is 0.481 e. The molecule has 0 spiro atoms. The smallest absolute Gasteiger partial charge is 0.303 e. The van der Waals surface area contributed by atoms with Gasteiger partial charge in [-0.3, -0.25) is 9.59 Å². The minimum atomic E-state index is -0.828. The fraction of sp³-hybridized carbons (Fsp3) is 0.857. The monoisotopic (exact) mass is 270 g/mol. The highest BCUT2D eigenvalue weighted by atomic mass is 16.4. The number of aliphatic carboxylic acids is 1. The van der Waals surface area contributed by atoms with Crippen molar-refractivity contribution in [3.8, 4) is 0 Å². The van der Waals surface area contributed by atoms with Crippen molar-refractivity contribution in [1.82, 2.24) is 5.32 Å². The van der Waals surface area contributed by atoms with Crippen molar-refractivity contribution in [1.29, 1.82) is 0 Å². The van der Waals surface area contributed by atoms with Crippen LogP contribution in [0.4, 0.5) is 0 Å². The molecule has 4 N–H and O–H groups in total. The Morgan fingerprint density at radius 2 is 1.84 bits per heavy atom. The topological polar surface area (TPSA) is 92.4 Å². The van der Waals surface area contributed by atoms with Gasteiger partial charge in [0.15, 0.2) is 0 Å². The Morgan fingerprint density at radius 3 is 2.32 bits per heavy atom. The lowest BCUT2D eigenvalue weighted by atomic mass is 9.81. The molecule has 0 heterocycles. The van der Waals surface area contributed by atoms with Crippen molar-refractivity contribution in [2.75, 3.05) is 6.54 Å². The number of nitrogens with two attached hydrogens (primary N) is 1. The van der Waals surface area contributed by atoms with Gasteiger partial charge in [-0.05, 0) is 58.4 Å². The highest BCUT2D eigenvalue weighted by Crippen LogP contribution is 2.28. The fourth-order valence-corrected chi connectivity index (χ4v) is 2.58. The molecule has 1 amide bonds. The van der Waals surface area contributed by atoms with Crippen LogP contribution in [0, 0.1) is 11.8 Å². The fourth-order valence-electron chi connectivity index (χ4n) is 2.58. The summed E-state index contributed by atoms with van der Waals surface area (Å²) in [6.45, 7) is 4.46. The van der Waals surface area contributed by atoms with Crippen LogP contribution in [0.3, 0.4) is 0 Å². The molecule has 0 aliphatic heterocycles. The first-order chi connectivity index (χ1) is 8.84. The van der Waals surface area contributed by atoms with Crippen LogP contribution in [0.15, 0.2) is 0 Å². The molecule has 1 rings (SSSR count). The predicted molar refractivity (Wildman–Crippen MR) is 73.6 cm³/mol. The summed E-state index contributed by atoms with van der Waals surface area (Å²) in [5.74, 6) is -0.146. The zero-order valence-electron chi connectivity index (χ0n) is 11.9. The molecule has 5 nitrogen and oxygen atoms in total. The zero-order chi connectivity index (χ0) is 14.5. The van der Waals surface area contributed by atoms with Crippen molar-refractivity contribution in [3.05, 3.63) is 0 Å². The third kappa shape index (κ3) is 5.59. The van der Waals surface area contributed by atoms with Gasteiger partial charge in [-0.25, -0.2) is 0 Å². The van der Waals surface area contributed by atoms with E-state index in [9.17, 15) is 9.59 Å². The summed E-state index contributed by atoms with van der Waals surface area (Å²) in [5, 5.41) is 11.7. The highest BCUT2D eigenvalue weighted by molar-refractivity contribution is 5.79. The van der Waals surface area contributed by atoms with E-state index in [0.29, 0.717) is 18.9 Å². The van der Waals surface area contributed by atoms with Crippen LogP contribution in [-0.2, 0) is 9.59 Å². The van der Waals surface area contributed by atoms with E-state index in [1.54, 1.807) is 0 Å². The van der Waals surface area contributed by atoms with Crippen LogP contribution in [0.25, 0.3) is 0 Å². The van der Waals surface area contributed by atoms with E-state index in [-0.39, 0.29) is 18.2 Å². The second-order valence-electron chi connectivity index (χ2n) is 6.22. The molecule has 0 saturated heterocycles. The van der Waals surface area contributed by atoms with Crippen LogP contribution in [0.5, 0.6) is 0 Å². The summed E-state index contributed by atoms with van der Waals surface area (Å²) < 4.78 is 0. The molecule has 0 aromatic heterocycles. The lowest BCUT2D eigenvalue weighted by Crippen LogP contribution is -2.47. The molecule has 1 aliphatic carbocycles. The van der Waals surface area contributed by atoms with Gasteiger partial charge < -0.3 is 16.2 Å². The highest BCUT2D eigenvalue weighted by Gasteiger charge is 2.29. The van der Waals surface area contributed by atoms with Crippen LogP contribution in [0.2, 0.25) is 0 Å². The minimum Gasteiger partial charge on any atom is -0.481 e. The molecule has 19 heavy (non-hydrogen) atoms. The van der Waals surface area contributed by atoms with Gasteiger partial charge in [-0.1, -0.05) is 0 Å². The molecule has 0 aromatic carbocycles. The maximum Gasteiger partial charge on any atom is 0.303 e. The first kappa shape index (κ1) is 16.0. The van der Waals surface area contributed by atoms with E-state index in [0.717, 1.165) is 25.7 Å². The number of carboxylic acid groups (broad SMARTS) is 1. The average Bonchev–Trinajstić information content (AvgIpc) is 2.36. The second kappa shape index (κ2) is 6.89. The van der Waals surface area contributed by atoms with E-state index in [2.05, 4.69) is 5.32 Å². The van der Waals surface area contributed by atoms with Crippen LogP contribution in [-0.4, -0.2) is 29.1 Å². The standard InChI is InChI=1S/C14H26N2O3/c1-14(2,8-7-12(17)18)16-13(19)11-5-3-10(9-15)4-6-11/h10-11H,3-9,15H2,1-2H3,(H,16,19)(H,17,18). The number of hydrogen-bond donors (Lipinski definition) is 3. The van der Waals surface area contributed by atoms with E-state index < -0.39 is 11.5 Å². The van der Waals surface area contributed by atoms with E-state index in [1.165, 1.54) is 0 Å². The molecule has 5 heteroatoms. The van der Waals surface area contributed by atoms with E-state index in [1.807, 2.05) is 13.8 Å². The lowest BCUT2D eigenvalue weighted by molar-refractivity contribution is -0.138. The van der Waals surface area contributed by atoms with Crippen LogP contribution < -0.4 is 11.1 Å². The van der Waals surface area contributed by atoms with Gasteiger partial charge in [0.05, 0.1) is 0 Å². The number of rotatable bonds is 6. The molecular weight excluding hydrogens is 244 g/mol. The number of carbonyl (C=O) groups excluding carboxylic acids is 1. The van der Waals surface area contributed by atoms with Gasteiger partial charge in [0.1, 0.15) is 0 Å². The average molecular weight is 270 g/mol. The summed E-state index contributed by atoms with van der Waals surface area (Å²) in [5.41, 5.74) is 5.18. The Balaban J connectivity index is 2.39. The molecule has 0 radical (unpaired) electrons. The van der Waals surface area contributed by atoms with Gasteiger partial charge in [-0.2, -0.15) is 0 Å². The normalized spacial score (nSPS) is 23.9. The molecular formula is C14H26N2O3. The molecule has 1 fully saturated rings. The SMILES string of the molecule is CC(C)(CCC(=O)O)NC(=O)C1CCC(CN)CC1. The van der Waals surface area contributed by atoms with Crippen molar-refractivity contribution >= 4 is 11.9 Å². The number of amides is 1. The van der Waals surface area contributed by atoms with Gasteiger partial charge in [0, 0.05) is 17.9 Å².